The first kappa shape index (κ1) is 11.6. The second-order valence-corrected chi connectivity index (χ2v) is 4.94. The highest BCUT2D eigenvalue weighted by Crippen LogP contribution is 2.33. The Balaban J connectivity index is 2.45. The fourth-order valence-electron chi connectivity index (χ4n) is 1.64. The van der Waals surface area contributed by atoms with Crippen LogP contribution in [0.25, 0.3) is 0 Å². The van der Waals surface area contributed by atoms with Gasteiger partial charge in [-0.1, -0.05) is 11.6 Å². The number of carbonyl (C=O) groups is 2. The molecule has 1 aliphatic heterocycles. The molecular weight excluding hydrogens is 293 g/mol. The van der Waals surface area contributed by atoms with Crippen molar-refractivity contribution < 1.29 is 9.59 Å². The summed E-state index contributed by atoms with van der Waals surface area (Å²) in [6.07, 6.45) is 0.275. The highest BCUT2D eigenvalue weighted by atomic mass is 79.9. The third-order valence-electron chi connectivity index (χ3n) is 2.57. The van der Waals surface area contributed by atoms with Crippen LogP contribution < -0.4 is 4.90 Å². The molecule has 0 aliphatic carbocycles. The summed E-state index contributed by atoms with van der Waals surface area (Å²) >= 11 is 9.38. The molecule has 2 rings (SSSR count). The number of anilines is 1. The quantitative estimate of drug-likeness (QED) is 0.748. The van der Waals surface area contributed by atoms with Crippen molar-refractivity contribution in [3.8, 4) is 0 Å². The molecule has 0 aromatic heterocycles. The van der Waals surface area contributed by atoms with Crippen LogP contribution in [0.5, 0.6) is 0 Å². The van der Waals surface area contributed by atoms with Gasteiger partial charge in [0.2, 0.25) is 5.78 Å². The van der Waals surface area contributed by atoms with E-state index in [-0.39, 0.29) is 12.2 Å². The molecule has 1 heterocycles. The topological polar surface area (TPSA) is 37.4 Å². The zero-order valence-corrected chi connectivity index (χ0v) is 10.9. The van der Waals surface area contributed by atoms with Gasteiger partial charge in [-0.3, -0.25) is 9.59 Å². The van der Waals surface area contributed by atoms with Gasteiger partial charge < -0.3 is 4.90 Å². The zero-order chi connectivity index (χ0) is 11.9. The fourth-order valence-corrected chi connectivity index (χ4v) is 2.47. The van der Waals surface area contributed by atoms with Gasteiger partial charge in [-0.25, -0.2) is 0 Å². The molecule has 0 atom stereocenters. The summed E-state index contributed by atoms with van der Waals surface area (Å²) in [5.41, 5.74) is 1.58. The van der Waals surface area contributed by atoms with Crippen molar-refractivity contribution in [3.63, 3.8) is 0 Å². The third-order valence-corrected chi connectivity index (χ3v) is 3.61. The number of amides is 1. The standard InChI is InChI=1S/C11H9BrClNO2/c1-6-4-7(12)9(5-8(6)13)14-3-2-10(15)11(14)16/h4-5H,2-3H2,1H3. The number of ketones is 1. The van der Waals surface area contributed by atoms with Crippen LogP contribution in [0.1, 0.15) is 12.0 Å². The summed E-state index contributed by atoms with van der Waals surface area (Å²) in [5, 5.41) is 0.588. The normalized spacial score (nSPS) is 16.1. The van der Waals surface area contributed by atoms with Crippen molar-refractivity contribution in [1.29, 1.82) is 0 Å². The van der Waals surface area contributed by atoms with Crippen molar-refractivity contribution in [1.82, 2.24) is 0 Å². The molecule has 0 unspecified atom stereocenters. The van der Waals surface area contributed by atoms with Crippen LogP contribution >= 0.6 is 27.5 Å². The first-order valence-corrected chi connectivity index (χ1v) is 5.98. The number of hydrogen-bond donors (Lipinski definition) is 0. The second kappa shape index (κ2) is 4.18. The van der Waals surface area contributed by atoms with Gasteiger partial charge in [0.05, 0.1) is 5.69 Å². The van der Waals surface area contributed by atoms with Gasteiger partial charge in [0, 0.05) is 22.5 Å². The third kappa shape index (κ3) is 1.87. The first-order valence-electron chi connectivity index (χ1n) is 4.81. The summed E-state index contributed by atoms with van der Waals surface area (Å²) in [7, 11) is 0. The van der Waals surface area contributed by atoms with Gasteiger partial charge in [0.1, 0.15) is 0 Å². The van der Waals surface area contributed by atoms with Crippen molar-refractivity contribution in [3.05, 3.63) is 27.2 Å². The second-order valence-electron chi connectivity index (χ2n) is 3.68. The Morgan fingerprint density at radius 2 is 2.06 bits per heavy atom. The Hall–Kier alpha value is -0.870. The molecule has 1 saturated heterocycles. The number of hydrogen-bond acceptors (Lipinski definition) is 2. The number of halogens is 2. The predicted molar refractivity (Wildman–Crippen MR) is 65.9 cm³/mol. The minimum atomic E-state index is -0.458. The van der Waals surface area contributed by atoms with Crippen LogP contribution in [0.2, 0.25) is 5.02 Å². The van der Waals surface area contributed by atoms with E-state index < -0.39 is 5.91 Å². The fraction of sp³-hybridized carbons (Fsp3) is 0.273. The molecule has 1 aromatic rings. The van der Waals surface area contributed by atoms with Crippen LogP contribution in [0.15, 0.2) is 16.6 Å². The Morgan fingerprint density at radius 3 is 2.62 bits per heavy atom. The van der Waals surface area contributed by atoms with Gasteiger partial charge in [0.15, 0.2) is 0 Å². The first-order chi connectivity index (χ1) is 7.50. The average molecular weight is 303 g/mol. The molecule has 0 radical (unpaired) electrons. The van der Waals surface area contributed by atoms with Gasteiger partial charge in [0.25, 0.3) is 5.91 Å². The maximum atomic E-state index is 11.6. The molecule has 0 spiro atoms. The van der Waals surface area contributed by atoms with Gasteiger partial charge in [-0.05, 0) is 40.5 Å². The molecule has 1 fully saturated rings. The summed E-state index contributed by atoms with van der Waals surface area (Å²) in [6.45, 7) is 2.31. The van der Waals surface area contributed by atoms with E-state index in [9.17, 15) is 9.59 Å². The van der Waals surface area contributed by atoms with Crippen molar-refractivity contribution >= 4 is 44.9 Å². The smallest absolute Gasteiger partial charge is 0.294 e. The van der Waals surface area contributed by atoms with Gasteiger partial charge >= 0.3 is 0 Å². The number of rotatable bonds is 1. The van der Waals surface area contributed by atoms with Gasteiger partial charge in [-0.15, -0.1) is 0 Å². The SMILES string of the molecule is Cc1cc(Br)c(N2CCC(=O)C2=O)cc1Cl. The molecule has 5 heteroatoms. The van der Waals surface area contributed by atoms with E-state index >= 15 is 0 Å². The summed E-state index contributed by atoms with van der Waals surface area (Å²) < 4.78 is 0.775. The molecule has 0 saturated carbocycles. The molecule has 0 bridgehead atoms. The predicted octanol–water partition coefficient (Wildman–Crippen LogP) is 2.72. The van der Waals surface area contributed by atoms with E-state index in [2.05, 4.69) is 15.9 Å². The maximum absolute atomic E-state index is 11.6. The molecular formula is C11H9BrClNO2. The van der Waals surface area contributed by atoms with E-state index in [0.717, 1.165) is 10.0 Å². The van der Waals surface area contributed by atoms with E-state index in [0.29, 0.717) is 17.3 Å². The highest BCUT2D eigenvalue weighted by Gasteiger charge is 2.31. The van der Waals surface area contributed by atoms with Crippen LogP contribution in [0, 0.1) is 6.92 Å². The Labute approximate surface area is 107 Å². The average Bonchev–Trinajstić information content (AvgIpc) is 2.54. The van der Waals surface area contributed by atoms with Gasteiger partial charge in [-0.2, -0.15) is 0 Å². The Morgan fingerprint density at radius 1 is 1.38 bits per heavy atom. The number of aryl methyl sites for hydroxylation is 1. The number of nitrogens with zero attached hydrogens (tertiary/aromatic N) is 1. The molecule has 1 aliphatic rings. The maximum Gasteiger partial charge on any atom is 0.294 e. The lowest BCUT2D eigenvalue weighted by molar-refractivity contribution is -0.133. The van der Waals surface area contributed by atoms with E-state index in [1.165, 1.54) is 4.90 Å². The van der Waals surface area contributed by atoms with E-state index in [4.69, 9.17) is 11.6 Å². The van der Waals surface area contributed by atoms with Crippen molar-refractivity contribution in [2.45, 2.75) is 13.3 Å². The lowest BCUT2D eigenvalue weighted by Gasteiger charge is -2.17. The van der Waals surface area contributed by atoms with Crippen molar-refractivity contribution in [2.24, 2.45) is 0 Å². The molecule has 0 N–H and O–H groups in total. The van der Waals surface area contributed by atoms with Crippen LogP contribution in [0.4, 0.5) is 5.69 Å². The molecule has 84 valence electrons. The summed E-state index contributed by atoms with van der Waals surface area (Å²) in [4.78, 5) is 24.2. The number of Topliss-reactive ketones (excluding diaryl/α,β-unsaturated/α-hetero) is 1. The van der Waals surface area contributed by atoms with Crippen LogP contribution in [-0.2, 0) is 9.59 Å². The Kier molecular flexibility index (Phi) is 3.04. The van der Waals surface area contributed by atoms with E-state index in [1.807, 2.05) is 13.0 Å². The molecule has 3 nitrogen and oxygen atoms in total. The van der Waals surface area contributed by atoms with Crippen molar-refractivity contribution in [2.75, 3.05) is 11.4 Å². The van der Waals surface area contributed by atoms with Crippen LogP contribution in [-0.4, -0.2) is 18.2 Å². The molecule has 1 aromatic carbocycles. The zero-order valence-electron chi connectivity index (χ0n) is 8.59. The minimum Gasteiger partial charge on any atom is -0.304 e. The highest BCUT2D eigenvalue weighted by molar-refractivity contribution is 9.10. The number of benzene rings is 1. The largest absolute Gasteiger partial charge is 0.304 e. The van der Waals surface area contributed by atoms with Crippen LogP contribution in [0.3, 0.4) is 0 Å². The summed E-state index contributed by atoms with van der Waals surface area (Å²) in [6, 6.07) is 3.55. The summed E-state index contributed by atoms with van der Waals surface area (Å²) in [5.74, 6) is -0.802. The lowest BCUT2D eigenvalue weighted by atomic mass is 10.2. The monoisotopic (exact) mass is 301 g/mol. The Bertz CT molecular complexity index is 487. The number of carbonyl (C=O) groups excluding carboxylic acids is 2. The van der Waals surface area contributed by atoms with E-state index in [1.54, 1.807) is 6.07 Å². The molecule has 1 amide bonds. The molecule has 16 heavy (non-hydrogen) atoms. The minimum absolute atomic E-state index is 0.275. The lowest BCUT2D eigenvalue weighted by Crippen LogP contribution is -2.27.